The summed E-state index contributed by atoms with van der Waals surface area (Å²) in [5.74, 6) is -0.831. The van der Waals surface area contributed by atoms with E-state index in [-0.39, 0.29) is 40.9 Å². The minimum absolute atomic E-state index is 0.0447. The first-order valence-electron chi connectivity index (χ1n) is 10.3. The lowest BCUT2D eigenvalue weighted by Crippen LogP contribution is -2.44. The predicted molar refractivity (Wildman–Crippen MR) is 120 cm³/mol. The molecule has 0 radical (unpaired) electrons. The van der Waals surface area contributed by atoms with Crippen LogP contribution in [0.3, 0.4) is 0 Å². The van der Waals surface area contributed by atoms with E-state index in [2.05, 4.69) is 10.6 Å². The fourth-order valence-electron chi connectivity index (χ4n) is 3.88. The number of imide groups is 1. The molecule has 2 aliphatic rings. The average Bonchev–Trinajstić information content (AvgIpc) is 2.99. The van der Waals surface area contributed by atoms with Gasteiger partial charge in [0.15, 0.2) is 0 Å². The van der Waals surface area contributed by atoms with Gasteiger partial charge in [0.1, 0.15) is 6.04 Å². The number of amides is 3. The molecule has 3 rings (SSSR count). The van der Waals surface area contributed by atoms with Gasteiger partial charge >= 0.3 is 0 Å². The van der Waals surface area contributed by atoms with Crippen molar-refractivity contribution < 1.29 is 14.4 Å². The van der Waals surface area contributed by atoms with Gasteiger partial charge in [-0.15, -0.1) is 0 Å². The van der Waals surface area contributed by atoms with Gasteiger partial charge < -0.3 is 10.6 Å². The maximum absolute atomic E-state index is 12.7. The number of nitrogens with one attached hydrogen (secondary N) is 2. The first kappa shape index (κ1) is 22.6. The van der Waals surface area contributed by atoms with Crippen LogP contribution in [0, 0.1) is 0 Å². The van der Waals surface area contributed by atoms with E-state index < -0.39 is 6.04 Å². The lowest BCUT2D eigenvalue weighted by Gasteiger charge is -2.25. The van der Waals surface area contributed by atoms with Crippen LogP contribution in [0.15, 0.2) is 23.3 Å². The van der Waals surface area contributed by atoms with Crippen molar-refractivity contribution in [1.82, 2.24) is 5.32 Å². The molecule has 1 unspecified atom stereocenters. The molecule has 6 nitrogen and oxygen atoms in total. The number of nitrogens with zero attached hydrogens (tertiary/aromatic N) is 1. The second-order valence-electron chi connectivity index (χ2n) is 8.18. The summed E-state index contributed by atoms with van der Waals surface area (Å²) in [5, 5.41) is 6.67. The van der Waals surface area contributed by atoms with Crippen molar-refractivity contribution in [3.8, 4) is 0 Å². The van der Waals surface area contributed by atoms with Crippen molar-refractivity contribution in [3.63, 3.8) is 0 Å². The van der Waals surface area contributed by atoms with Gasteiger partial charge in [0.2, 0.25) is 11.8 Å². The topological polar surface area (TPSA) is 78.5 Å². The Morgan fingerprint density at radius 2 is 1.77 bits per heavy atom. The highest BCUT2D eigenvalue weighted by Gasteiger charge is 2.37. The van der Waals surface area contributed by atoms with Crippen molar-refractivity contribution in [2.45, 2.75) is 71.4 Å². The number of hydrogen-bond acceptors (Lipinski definition) is 4. The first-order chi connectivity index (χ1) is 14.2. The highest BCUT2D eigenvalue weighted by atomic mass is 35.5. The molecule has 2 N–H and O–H groups in total. The highest BCUT2D eigenvalue weighted by molar-refractivity contribution is 6.40. The van der Waals surface area contributed by atoms with Crippen molar-refractivity contribution in [2.24, 2.45) is 0 Å². The molecular weight excluding hydrogens is 425 g/mol. The number of halogens is 2. The Bertz CT molecular complexity index is 903. The zero-order valence-electron chi connectivity index (χ0n) is 17.5. The monoisotopic (exact) mass is 451 g/mol. The van der Waals surface area contributed by atoms with Gasteiger partial charge in [-0.25, -0.2) is 4.90 Å². The summed E-state index contributed by atoms with van der Waals surface area (Å²) in [7, 11) is 0. The van der Waals surface area contributed by atoms with E-state index in [4.69, 9.17) is 23.2 Å². The molecule has 0 spiro atoms. The Labute approximate surface area is 187 Å². The van der Waals surface area contributed by atoms with Crippen LogP contribution in [0.1, 0.15) is 59.3 Å². The molecule has 0 aromatic heterocycles. The predicted octanol–water partition coefficient (Wildman–Crippen LogP) is 4.84. The van der Waals surface area contributed by atoms with Crippen molar-refractivity contribution in [1.29, 1.82) is 0 Å². The number of rotatable bonds is 5. The van der Waals surface area contributed by atoms with E-state index in [0.717, 1.165) is 36.2 Å². The molecule has 3 amide bonds. The second-order valence-corrected chi connectivity index (χ2v) is 9.00. The highest BCUT2D eigenvalue weighted by Crippen LogP contribution is 2.38. The van der Waals surface area contributed by atoms with Crippen molar-refractivity contribution in [3.05, 3.63) is 33.3 Å². The molecule has 162 valence electrons. The van der Waals surface area contributed by atoms with E-state index in [1.54, 1.807) is 26.8 Å². The summed E-state index contributed by atoms with van der Waals surface area (Å²) in [6.07, 6.45) is 5.51. The number of allylic oxidation sites excluding steroid dienone is 1. The van der Waals surface area contributed by atoms with E-state index in [9.17, 15) is 14.4 Å². The minimum atomic E-state index is -0.545. The molecule has 30 heavy (non-hydrogen) atoms. The van der Waals surface area contributed by atoms with Crippen molar-refractivity contribution >= 4 is 52.3 Å². The van der Waals surface area contributed by atoms with Crippen LogP contribution in [-0.2, 0) is 14.4 Å². The van der Waals surface area contributed by atoms with E-state index >= 15 is 0 Å². The summed E-state index contributed by atoms with van der Waals surface area (Å²) in [6, 6.07) is 2.69. The van der Waals surface area contributed by atoms with Crippen LogP contribution in [0.2, 0.25) is 10.0 Å². The van der Waals surface area contributed by atoms with Gasteiger partial charge in [0.25, 0.3) is 5.91 Å². The number of hydrogen-bond donors (Lipinski definition) is 2. The second kappa shape index (κ2) is 9.40. The van der Waals surface area contributed by atoms with E-state index in [0.29, 0.717) is 16.3 Å². The number of benzene rings is 1. The van der Waals surface area contributed by atoms with Gasteiger partial charge in [0, 0.05) is 11.6 Å². The Morgan fingerprint density at radius 1 is 1.10 bits per heavy atom. The third kappa shape index (κ3) is 4.81. The standard InChI is InChI=1S/C22H27Cl2N3O3/c1-12(2)15-9-20(28)27(22(15)30)19-11-18(16(23)10-17(19)24)25-13(3)21(29)26-14-7-5-4-6-8-14/h10-11,13-14,25H,4-9H2,1-3H3,(H,26,29). The summed E-state index contributed by atoms with van der Waals surface area (Å²) in [4.78, 5) is 38.9. The molecule has 1 aliphatic carbocycles. The van der Waals surface area contributed by atoms with Gasteiger partial charge in [-0.3, -0.25) is 14.4 Å². The Hall–Kier alpha value is -2.05. The molecule has 1 atom stereocenters. The Morgan fingerprint density at radius 3 is 2.37 bits per heavy atom. The van der Waals surface area contributed by atoms with Gasteiger partial charge in [0.05, 0.1) is 27.8 Å². The summed E-state index contributed by atoms with van der Waals surface area (Å²) in [5.41, 5.74) is 1.97. The van der Waals surface area contributed by atoms with Gasteiger partial charge in [-0.2, -0.15) is 0 Å². The molecular formula is C22H27Cl2N3O3. The number of carbonyl (C=O) groups excluding carboxylic acids is 3. The van der Waals surface area contributed by atoms with Crippen LogP contribution < -0.4 is 15.5 Å². The van der Waals surface area contributed by atoms with Gasteiger partial charge in [-0.05, 0) is 45.7 Å². The minimum Gasteiger partial charge on any atom is -0.373 e. The summed E-state index contributed by atoms with van der Waals surface area (Å²) in [6.45, 7) is 5.34. The fraction of sp³-hybridized carbons (Fsp3) is 0.500. The molecule has 1 saturated carbocycles. The summed E-state index contributed by atoms with van der Waals surface area (Å²) < 4.78 is 0. The molecule has 1 aromatic rings. The third-order valence-electron chi connectivity index (χ3n) is 5.64. The summed E-state index contributed by atoms with van der Waals surface area (Å²) >= 11 is 12.6. The number of carbonyl (C=O) groups is 3. The van der Waals surface area contributed by atoms with Crippen LogP contribution in [0.4, 0.5) is 11.4 Å². The average molecular weight is 452 g/mol. The third-order valence-corrected chi connectivity index (χ3v) is 6.25. The Kier molecular flexibility index (Phi) is 7.09. The lowest BCUT2D eigenvalue weighted by atomic mass is 9.95. The molecule has 1 heterocycles. The first-order valence-corrected chi connectivity index (χ1v) is 11.0. The maximum Gasteiger partial charge on any atom is 0.261 e. The molecule has 1 aromatic carbocycles. The van der Waals surface area contributed by atoms with Crippen molar-refractivity contribution in [2.75, 3.05) is 10.2 Å². The van der Waals surface area contributed by atoms with E-state index in [1.807, 2.05) is 0 Å². The van der Waals surface area contributed by atoms with Gasteiger partial charge in [-0.1, -0.05) is 48.0 Å². The molecule has 8 heteroatoms. The maximum atomic E-state index is 12.7. The van der Waals surface area contributed by atoms with E-state index in [1.165, 1.54) is 12.5 Å². The quantitative estimate of drug-likeness (QED) is 0.495. The van der Waals surface area contributed by atoms with Crippen LogP contribution >= 0.6 is 23.2 Å². The molecule has 1 saturated heterocycles. The smallest absolute Gasteiger partial charge is 0.261 e. The zero-order chi connectivity index (χ0) is 22.0. The zero-order valence-corrected chi connectivity index (χ0v) is 19.0. The normalized spacial score (nSPS) is 18.6. The molecule has 1 aliphatic heterocycles. The molecule has 0 bridgehead atoms. The van der Waals surface area contributed by atoms with Crippen LogP contribution in [-0.4, -0.2) is 29.8 Å². The Balaban J connectivity index is 1.80. The lowest BCUT2D eigenvalue weighted by molar-refractivity contribution is -0.123. The SMILES string of the molecule is CC(C)=C1CC(=O)N(c2cc(NC(C)C(=O)NC3CCCCC3)c(Cl)cc2Cl)C1=O. The largest absolute Gasteiger partial charge is 0.373 e. The number of anilines is 2. The van der Waals surface area contributed by atoms with Crippen LogP contribution in [0.5, 0.6) is 0 Å². The van der Waals surface area contributed by atoms with Crippen LogP contribution in [0.25, 0.3) is 0 Å². The fourth-order valence-corrected chi connectivity index (χ4v) is 4.40. The molecule has 2 fully saturated rings.